The minimum atomic E-state index is -4.02. The molecule has 0 radical (unpaired) electrons. The molecular weight excluding hydrogens is 260 g/mol. The summed E-state index contributed by atoms with van der Waals surface area (Å²) < 4.78 is 29.6. The monoisotopic (exact) mass is 280 g/mol. The van der Waals surface area contributed by atoms with Crippen LogP contribution >= 0.6 is 0 Å². The molecule has 10 heteroatoms. The Morgan fingerprint density at radius 3 is 1.35 bits per heavy atom. The zero-order chi connectivity index (χ0) is 8.48. The molecule has 0 saturated carbocycles. The van der Waals surface area contributed by atoms with Crippen LogP contribution in [0, 0.1) is 6.92 Å². The fourth-order valence-corrected chi connectivity index (χ4v) is 1.19. The van der Waals surface area contributed by atoms with Crippen molar-refractivity contribution in [3.8, 4) is 0 Å². The Hall–Kier alpha value is -1.11. The van der Waals surface area contributed by atoms with Gasteiger partial charge in [-0.3, -0.25) is 4.55 Å². The van der Waals surface area contributed by atoms with E-state index in [1.165, 1.54) is 12.1 Å². The molecule has 108 valence electrons. The largest absolute Gasteiger partial charge is 0.412 e. The second-order valence-electron chi connectivity index (χ2n) is 2.29. The van der Waals surface area contributed by atoms with E-state index < -0.39 is 10.1 Å². The van der Waals surface area contributed by atoms with Crippen LogP contribution in [-0.2, 0) is 10.1 Å². The van der Waals surface area contributed by atoms with Crippen molar-refractivity contribution in [3.05, 3.63) is 29.8 Å². The first-order valence-corrected chi connectivity index (χ1v) is 4.48. The molecule has 0 heterocycles. The highest BCUT2D eigenvalue weighted by atomic mass is 32.2. The summed E-state index contributed by atoms with van der Waals surface area (Å²) in [4.78, 5) is -0.0666. The van der Waals surface area contributed by atoms with Gasteiger partial charge in [0.05, 0.1) is 4.90 Å². The average Bonchev–Trinajstić information content (AvgIpc) is 1.86. The predicted octanol–water partition coefficient (Wildman–Crippen LogP) is -3.71. The Bertz CT molecular complexity index is 344. The van der Waals surface area contributed by atoms with Crippen molar-refractivity contribution in [2.45, 2.75) is 11.8 Å². The van der Waals surface area contributed by atoms with Crippen molar-refractivity contribution < 1.29 is 45.8 Å². The molecule has 0 aromatic heterocycles. The van der Waals surface area contributed by atoms with Crippen LogP contribution in [0.4, 0.5) is 0 Å². The first-order chi connectivity index (χ1) is 5.00. The number of hydrogen-bond donors (Lipinski definition) is 1. The van der Waals surface area contributed by atoms with E-state index in [4.69, 9.17) is 4.55 Å². The quantitative estimate of drug-likeness (QED) is 0.510. The van der Waals surface area contributed by atoms with Gasteiger partial charge in [0.25, 0.3) is 10.1 Å². The molecule has 0 atom stereocenters. The first kappa shape index (κ1) is 36.0. The Kier molecular flexibility index (Phi) is 27.5. The van der Waals surface area contributed by atoms with Crippen LogP contribution in [0.1, 0.15) is 5.56 Å². The summed E-state index contributed by atoms with van der Waals surface area (Å²) in [5.41, 5.74) is 0.956. The molecule has 9 nitrogen and oxygen atoms in total. The van der Waals surface area contributed by atoms with E-state index in [2.05, 4.69) is 0 Å². The lowest BCUT2D eigenvalue weighted by Gasteiger charge is -1.95. The highest BCUT2D eigenvalue weighted by molar-refractivity contribution is 7.85. The Morgan fingerprint density at radius 1 is 0.824 bits per heavy atom. The minimum absolute atomic E-state index is 0. The van der Waals surface area contributed by atoms with E-state index in [0.717, 1.165) is 5.56 Å². The van der Waals surface area contributed by atoms with Gasteiger partial charge in [-0.05, 0) is 19.1 Å². The van der Waals surface area contributed by atoms with Crippen molar-refractivity contribution in [1.29, 1.82) is 0 Å². The van der Waals surface area contributed by atoms with Gasteiger partial charge in [-0.2, -0.15) is 8.42 Å². The van der Waals surface area contributed by atoms with Crippen molar-refractivity contribution in [1.82, 2.24) is 0 Å². The molecule has 13 N–H and O–H groups in total. The molecule has 1 aromatic rings. The molecule has 0 aliphatic rings. The highest BCUT2D eigenvalue weighted by Crippen LogP contribution is 2.08. The third-order valence-electron chi connectivity index (χ3n) is 1.32. The van der Waals surface area contributed by atoms with E-state index >= 15 is 0 Å². The Balaban J connectivity index is -0.0000000504. The number of hydrogen-bond acceptors (Lipinski definition) is 2. The van der Waals surface area contributed by atoms with E-state index in [1.807, 2.05) is 6.92 Å². The van der Waals surface area contributed by atoms with Crippen molar-refractivity contribution in [2.75, 3.05) is 0 Å². The maximum absolute atomic E-state index is 10.5. The third-order valence-corrected chi connectivity index (χ3v) is 2.19. The number of benzene rings is 1. The van der Waals surface area contributed by atoms with Crippen molar-refractivity contribution in [2.24, 2.45) is 0 Å². The SMILES string of the molecule is Cc1ccc(S(=O)(=O)O)cc1.O.O.O.O.O.O. The fourth-order valence-electron chi connectivity index (χ4n) is 0.710. The van der Waals surface area contributed by atoms with Crippen LogP contribution in [0.15, 0.2) is 29.2 Å². The zero-order valence-corrected chi connectivity index (χ0v) is 9.80. The fraction of sp³-hybridized carbons (Fsp3) is 0.143. The zero-order valence-electron chi connectivity index (χ0n) is 8.98. The highest BCUT2D eigenvalue weighted by Gasteiger charge is 2.06. The van der Waals surface area contributed by atoms with Crippen LogP contribution in [-0.4, -0.2) is 45.8 Å². The molecule has 0 fully saturated rings. The molecule has 1 rings (SSSR count). The molecule has 0 aliphatic heterocycles. The van der Waals surface area contributed by atoms with Crippen molar-refractivity contribution >= 4 is 10.1 Å². The van der Waals surface area contributed by atoms with Crippen LogP contribution < -0.4 is 0 Å². The van der Waals surface area contributed by atoms with E-state index in [1.54, 1.807) is 12.1 Å². The van der Waals surface area contributed by atoms with E-state index in [9.17, 15) is 8.42 Å². The second-order valence-corrected chi connectivity index (χ2v) is 3.71. The van der Waals surface area contributed by atoms with Gasteiger partial charge in [0.15, 0.2) is 0 Å². The summed E-state index contributed by atoms with van der Waals surface area (Å²) in [5, 5.41) is 0. The Morgan fingerprint density at radius 2 is 1.12 bits per heavy atom. The molecule has 0 bridgehead atoms. The first-order valence-electron chi connectivity index (χ1n) is 3.04. The van der Waals surface area contributed by atoms with Gasteiger partial charge in [0, 0.05) is 0 Å². The summed E-state index contributed by atoms with van der Waals surface area (Å²) in [5.74, 6) is 0. The van der Waals surface area contributed by atoms with Crippen LogP contribution in [0.2, 0.25) is 0 Å². The summed E-state index contributed by atoms with van der Waals surface area (Å²) in [6.45, 7) is 1.84. The number of aryl methyl sites for hydroxylation is 1. The smallest absolute Gasteiger partial charge is 0.294 e. The van der Waals surface area contributed by atoms with Crippen molar-refractivity contribution in [3.63, 3.8) is 0 Å². The van der Waals surface area contributed by atoms with Gasteiger partial charge in [0.1, 0.15) is 0 Å². The normalized spacial score (nSPS) is 7.41. The lowest BCUT2D eigenvalue weighted by Crippen LogP contribution is -1.96. The maximum atomic E-state index is 10.5. The number of rotatable bonds is 1. The summed E-state index contributed by atoms with van der Waals surface area (Å²) >= 11 is 0. The molecule has 0 aliphatic carbocycles. The lowest BCUT2D eigenvalue weighted by molar-refractivity contribution is 0.483. The third kappa shape index (κ3) is 11.2. The topological polar surface area (TPSA) is 243 Å². The second kappa shape index (κ2) is 13.0. The van der Waals surface area contributed by atoms with Gasteiger partial charge in [0.2, 0.25) is 0 Å². The van der Waals surface area contributed by atoms with Crippen LogP contribution in [0.3, 0.4) is 0 Å². The molecule has 0 saturated heterocycles. The molecule has 1 aromatic carbocycles. The van der Waals surface area contributed by atoms with Crippen LogP contribution in [0.5, 0.6) is 0 Å². The molecule has 0 spiro atoms. The maximum Gasteiger partial charge on any atom is 0.294 e. The standard InChI is InChI=1S/C7H8O3S.6H2O/c1-6-2-4-7(5-3-6)11(8,9)10;;;;;;/h2-5H,1H3,(H,8,9,10);6*1H2. The lowest BCUT2D eigenvalue weighted by atomic mass is 10.2. The van der Waals surface area contributed by atoms with E-state index in [0.29, 0.717) is 0 Å². The average molecular weight is 280 g/mol. The molecule has 17 heavy (non-hydrogen) atoms. The molecular formula is C7H20O9S. The Labute approximate surface area is 98.3 Å². The van der Waals surface area contributed by atoms with Gasteiger partial charge in [-0.15, -0.1) is 0 Å². The van der Waals surface area contributed by atoms with Crippen LogP contribution in [0.25, 0.3) is 0 Å². The van der Waals surface area contributed by atoms with E-state index in [-0.39, 0.29) is 37.8 Å². The minimum Gasteiger partial charge on any atom is -0.412 e. The van der Waals surface area contributed by atoms with Gasteiger partial charge >= 0.3 is 0 Å². The molecule has 0 amide bonds. The predicted molar refractivity (Wildman–Crippen MR) is 62.7 cm³/mol. The van der Waals surface area contributed by atoms with Gasteiger partial charge < -0.3 is 32.9 Å². The van der Waals surface area contributed by atoms with Gasteiger partial charge in [-0.25, -0.2) is 0 Å². The summed E-state index contributed by atoms with van der Waals surface area (Å²) in [6, 6.07) is 5.99. The summed E-state index contributed by atoms with van der Waals surface area (Å²) in [6.07, 6.45) is 0. The van der Waals surface area contributed by atoms with Gasteiger partial charge in [-0.1, -0.05) is 17.7 Å². The molecule has 0 unspecified atom stereocenters. The summed E-state index contributed by atoms with van der Waals surface area (Å²) in [7, 11) is -4.02.